The fourth-order valence-corrected chi connectivity index (χ4v) is 0. The molecule has 0 atom stereocenters. The second kappa shape index (κ2) is 26.1. The van der Waals surface area contributed by atoms with E-state index in [-0.39, 0.29) is 48.6 Å². The van der Waals surface area contributed by atoms with Gasteiger partial charge in [-0.15, -0.1) is 12.4 Å². The Hall–Kier alpha value is 1.42. The molecule has 0 spiro atoms. The van der Waals surface area contributed by atoms with E-state index in [1.165, 1.54) is 6.42 Å². The molecule has 0 N–H and O–H groups in total. The molecule has 0 nitrogen and oxygen atoms in total. The molecule has 0 aromatic carbocycles. The van der Waals surface area contributed by atoms with E-state index in [0.717, 1.165) is 6.42 Å². The number of rotatable bonds is 1. The van der Waals surface area contributed by atoms with Gasteiger partial charge in [-0.2, -0.15) is 6.42 Å². The van der Waals surface area contributed by atoms with Crippen molar-refractivity contribution in [3.05, 3.63) is 6.92 Å². The van der Waals surface area contributed by atoms with Crippen LogP contribution in [0.4, 0.5) is 0 Å². The van der Waals surface area contributed by atoms with Crippen LogP contribution in [0.2, 0.25) is 0 Å². The second-order valence-electron chi connectivity index (χ2n) is 0.854. The first-order valence-corrected chi connectivity index (χ1v) is 1.71. The van der Waals surface area contributed by atoms with Gasteiger partial charge < -0.3 is 6.92 Å². The molecule has 0 fully saturated rings. The Bertz CT molecular complexity index is 13.7. The molecule has 0 saturated heterocycles. The summed E-state index contributed by atoms with van der Waals surface area (Å²) in [5.74, 6) is 0. The largest absolute Gasteiger partial charge is 1.00 e. The Balaban J connectivity index is -0.0000000150. The zero-order valence-corrected chi connectivity index (χ0v) is 5.35. The van der Waals surface area contributed by atoms with Gasteiger partial charge in [0.15, 0.2) is 17.4 Å². The topological polar surface area (TPSA) is 0 Å². The van der Waals surface area contributed by atoms with E-state index in [9.17, 15) is 0 Å². The molecule has 0 rings (SSSR count). The first-order chi connectivity index (χ1) is 1.91. The van der Waals surface area contributed by atoms with E-state index >= 15 is 0 Å². The van der Waals surface area contributed by atoms with Crippen molar-refractivity contribution >= 4 is 29.8 Å². The van der Waals surface area contributed by atoms with E-state index in [1.807, 2.05) is 0 Å². The molecular formula is C4H13AlClLi. The maximum Gasteiger partial charge on any atom is 1.00 e. The van der Waals surface area contributed by atoms with Gasteiger partial charge in [-0.05, 0) is 0 Å². The van der Waals surface area contributed by atoms with Gasteiger partial charge in [0.1, 0.15) is 0 Å². The summed E-state index contributed by atoms with van der Waals surface area (Å²) in [4.78, 5) is 0. The fraction of sp³-hybridized carbons (Fsp3) is 0.750. The average molecular weight is 131 g/mol. The van der Waals surface area contributed by atoms with Crippen molar-refractivity contribution in [1.82, 2.24) is 0 Å². The predicted octanol–water partition coefficient (Wildman–Crippen LogP) is -2.14. The normalized spacial score (nSPS) is 4.29. The molecule has 0 aliphatic rings. The molecule has 0 aliphatic carbocycles. The number of hydrogen-bond acceptors (Lipinski definition) is 0. The van der Waals surface area contributed by atoms with Gasteiger partial charge in [0.25, 0.3) is 0 Å². The van der Waals surface area contributed by atoms with Crippen molar-refractivity contribution in [2.24, 2.45) is 0 Å². The van der Waals surface area contributed by atoms with Gasteiger partial charge in [-0.25, -0.2) is 0 Å². The minimum atomic E-state index is 0. The molecule has 0 radical (unpaired) electrons. The first kappa shape index (κ1) is 23.7. The Morgan fingerprint density at radius 1 is 1.43 bits per heavy atom. The van der Waals surface area contributed by atoms with Crippen LogP contribution in [-0.4, -0.2) is 17.4 Å². The van der Waals surface area contributed by atoms with Crippen molar-refractivity contribution in [1.29, 1.82) is 0 Å². The second-order valence-corrected chi connectivity index (χ2v) is 0.854. The first-order valence-electron chi connectivity index (χ1n) is 1.71. The maximum atomic E-state index is 3.60. The molecule has 40 valence electrons. The van der Waals surface area contributed by atoms with Crippen LogP contribution in [0.15, 0.2) is 0 Å². The van der Waals surface area contributed by atoms with Crippen LogP contribution < -0.4 is 18.9 Å². The number of halogens is 1. The minimum Gasteiger partial charge on any atom is -0.343 e. The molecule has 0 aromatic heterocycles. The summed E-state index contributed by atoms with van der Waals surface area (Å²) in [6, 6.07) is 0. The summed E-state index contributed by atoms with van der Waals surface area (Å²) in [7, 11) is 0. The van der Waals surface area contributed by atoms with Crippen LogP contribution in [0.3, 0.4) is 0 Å². The summed E-state index contributed by atoms with van der Waals surface area (Å²) >= 11 is 0. The van der Waals surface area contributed by atoms with Crippen molar-refractivity contribution in [3.8, 4) is 0 Å². The zero-order chi connectivity index (χ0) is 3.41. The predicted molar refractivity (Wildman–Crippen MR) is 37.5 cm³/mol. The molecule has 0 aliphatic heterocycles. The van der Waals surface area contributed by atoms with Gasteiger partial charge >= 0.3 is 18.9 Å². The molecule has 0 amide bonds. The summed E-state index contributed by atoms with van der Waals surface area (Å²) in [5.41, 5.74) is 0. The summed E-state index contributed by atoms with van der Waals surface area (Å²) in [6.45, 7) is 5.72. The van der Waals surface area contributed by atoms with Crippen molar-refractivity contribution in [3.63, 3.8) is 0 Å². The molecule has 0 heterocycles. The Morgan fingerprint density at radius 3 is 1.57 bits per heavy atom. The monoisotopic (exact) mass is 130 g/mol. The molecule has 0 aromatic rings. The van der Waals surface area contributed by atoms with Crippen LogP contribution in [0.5, 0.6) is 0 Å². The Morgan fingerprint density at radius 2 is 1.57 bits per heavy atom. The third-order valence-electron chi connectivity index (χ3n) is 0.354. The van der Waals surface area contributed by atoms with Gasteiger partial charge in [-0.1, -0.05) is 13.3 Å². The third kappa shape index (κ3) is 37.2. The SMILES string of the molecule is Cl.[AlH3].[CH2-]CCC.[Li+]. The van der Waals surface area contributed by atoms with Crippen LogP contribution >= 0.6 is 12.4 Å². The molecule has 0 unspecified atom stereocenters. The van der Waals surface area contributed by atoms with E-state index in [4.69, 9.17) is 0 Å². The van der Waals surface area contributed by atoms with Gasteiger partial charge in [0.2, 0.25) is 0 Å². The van der Waals surface area contributed by atoms with Crippen molar-refractivity contribution < 1.29 is 18.9 Å². The molecular weight excluding hydrogens is 117 g/mol. The number of hydrogen-bond donors (Lipinski definition) is 0. The molecule has 0 saturated carbocycles. The maximum absolute atomic E-state index is 3.60. The zero-order valence-electron chi connectivity index (χ0n) is 4.53. The Labute approximate surface area is 75.2 Å². The van der Waals surface area contributed by atoms with Gasteiger partial charge in [-0.3, -0.25) is 0 Å². The summed E-state index contributed by atoms with van der Waals surface area (Å²) in [6.07, 6.45) is 2.28. The van der Waals surface area contributed by atoms with Crippen LogP contribution in [-0.2, 0) is 0 Å². The fourth-order valence-electron chi connectivity index (χ4n) is 0. The van der Waals surface area contributed by atoms with Crippen molar-refractivity contribution in [2.45, 2.75) is 19.8 Å². The van der Waals surface area contributed by atoms with Gasteiger partial charge in [0, 0.05) is 0 Å². The minimum absolute atomic E-state index is 0. The van der Waals surface area contributed by atoms with Crippen LogP contribution in [0.1, 0.15) is 19.8 Å². The van der Waals surface area contributed by atoms with E-state index < -0.39 is 0 Å². The molecule has 0 bridgehead atoms. The molecule has 7 heavy (non-hydrogen) atoms. The molecule has 3 heteroatoms. The van der Waals surface area contributed by atoms with Crippen LogP contribution in [0.25, 0.3) is 0 Å². The Kier molecular flexibility index (Phi) is 88.6. The smallest absolute Gasteiger partial charge is 0.343 e. The summed E-state index contributed by atoms with van der Waals surface area (Å²) in [5, 5.41) is 0. The average Bonchev–Trinajstić information content (AvgIpc) is 1.37. The van der Waals surface area contributed by atoms with Gasteiger partial charge in [0.05, 0.1) is 0 Å². The van der Waals surface area contributed by atoms with Crippen LogP contribution in [0, 0.1) is 6.92 Å². The standard InChI is InChI=1S/C4H9.Al.ClH.Li.3H/c1-3-4-2;;;;;;/h1,3-4H2,2H3;;1H;;;;/q-1;;;+1;;;. The van der Waals surface area contributed by atoms with E-state index in [2.05, 4.69) is 13.8 Å². The quantitative estimate of drug-likeness (QED) is 0.281. The van der Waals surface area contributed by atoms with E-state index in [0.29, 0.717) is 0 Å². The van der Waals surface area contributed by atoms with E-state index in [1.54, 1.807) is 0 Å². The summed E-state index contributed by atoms with van der Waals surface area (Å²) < 4.78 is 0. The third-order valence-corrected chi connectivity index (χ3v) is 0.354. The van der Waals surface area contributed by atoms with Crippen molar-refractivity contribution in [2.75, 3.05) is 0 Å². The number of unbranched alkanes of at least 4 members (excludes halogenated alkanes) is 1.